The highest BCUT2D eigenvalue weighted by Crippen LogP contribution is 2.30. The molecule has 5 nitrogen and oxygen atoms in total. The standard InChI is InChI=1S/C17H14ClF3N4O/c18-14-5-6-15(16-22-24-25(23-16)7-8-26)12(10-14)9-11-1-3-13(4-2-11)17(19,20)21/h1-6,10,26H,7-9H2. The zero-order chi connectivity index (χ0) is 18.7. The van der Waals surface area contributed by atoms with E-state index in [0.29, 0.717) is 28.4 Å². The lowest BCUT2D eigenvalue weighted by molar-refractivity contribution is -0.137. The molecule has 3 rings (SSSR count). The molecule has 1 heterocycles. The minimum atomic E-state index is -4.37. The predicted octanol–water partition coefficient (Wildman–Crippen LogP) is 3.60. The van der Waals surface area contributed by atoms with E-state index in [-0.39, 0.29) is 13.2 Å². The number of aliphatic hydroxyl groups is 1. The van der Waals surface area contributed by atoms with Gasteiger partial charge in [0.2, 0.25) is 5.82 Å². The van der Waals surface area contributed by atoms with Gasteiger partial charge in [0.05, 0.1) is 18.7 Å². The van der Waals surface area contributed by atoms with Gasteiger partial charge in [0.15, 0.2) is 0 Å². The molecule has 0 aliphatic carbocycles. The van der Waals surface area contributed by atoms with E-state index in [4.69, 9.17) is 16.7 Å². The Morgan fingerprint density at radius 3 is 2.46 bits per heavy atom. The van der Waals surface area contributed by atoms with Gasteiger partial charge < -0.3 is 5.11 Å². The third kappa shape index (κ3) is 4.20. The van der Waals surface area contributed by atoms with Crippen LogP contribution in [0.4, 0.5) is 13.2 Å². The quantitative estimate of drug-likeness (QED) is 0.732. The Bertz CT molecular complexity index is 894. The number of hydrogen-bond donors (Lipinski definition) is 1. The second kappa shape index (κ2) is 7.43. The van der Waals surface area contributed by atoms with E-state index < -0.39 is 11.7 Å². The predicted molar refractivity (Wildman–Crippen MR) is 89.6 cm³/mol. The highest BCUT2D eigenvalue weighted by molar-refractivity contribution is 6.30. The van der Waals surface area contributed by atoms with E-state index >= 15 is 0 Å². The van der Waals surface area contributed by atoms with E-state index in [1.807, 2.05) is 0 Å². The van der Waals surface area contributed by atoms with Crippen LogP contribution in [0, 0.1) is 0 Å². The van der Waals surface area contributed by atoms with Gasteiger partial charge in [0, 0.05) is 10.6 Å². The average molecular weight is 383 g/mol. The molecule has 0 fully saturated rings. The molecule has 0 unspecified atom stereocenters. The lowest BCUT2D eigenvalue weighted by atomic mass is 9.98. The molecule has 136 valence electrons. The third-order valence-electron chi connectivity index (χ3n) is 3.74. The molecule has 26 heavy (non-hydrogen) atoms. The molecule has 1 N–H and O–H groups in total. The molecule has 0 saturated carbocycles. The Morgan fingerprint density at radius 1 is 1.08 bits per heavy atom. The fraction of sp³-hybridized carbons (Fsp3) is 0.235. The molecule has 9 heteroatoms. The molecule has 0 atom stereocenters. The number of nitrogens with zero attached hydrogens (tertiary/aromatic N) is 4. The van der Waals surface area contributed by atoms with E-state index in [1.165, 1.54) is 16.9 Å². The van der Waals surface area contributed by atoms with Crippen molar-refractivity contribution < 1.29 is 18.3 Å². The monoisotopic (exact) mass is 382 g/mol. The molecule has 0 saturated heterocycles. The molecule has 3 aromatic rings. The van der Waals surface area contributed by atoms with Crippen molar-refractivity contribution in [2.45, 2.75) is 19.1 Å². The van der Waals surface area contributed by atoms with Crippen molar-refractivity contribution in [1.29, 1.82) is 0 Å². The van der Waals surface area contributed by atoms with E-state index in [0.717, 1.165) is 17.7 Å². The van der Waals surface area contributed by atoms with Crippen LogP contribution in [0.25, 0.3) is 11.4 Å². The molecule has 0 spiro atoms. The highest BCUT2D eigenvalue weighted by Gasteiger charge is 2.29. The Morgan fingerprint density at radius 2 is 1.81 bits per heavy atom. The first-order valence-corrected chi connectivity index (χ1v) is 8.08. The number of aromatic nitrogens is 4. The van der Waals surface area contributed by atoms with Crippen molar-refractivity contribution >= 4 is 11.6 Å². The Labute approximate surface area is 152 Å². The first-order chi connectivity index (χ1) is 12.4. The van der Waals surface area contributed by atoms with E-state index in [2.05, 4.69) is 15.4 Å². The molecule has 2 aromatic carbocycles. The molecule has 0 amide bonds. The highest BCUT2D eigenvalue weighted by atomic mass is 35.5. The molecule has 0 aliphatic rings. The van der Waals surface area contributed by atoms with Gasteiger partial charge in [0.1, 0.15) is 0 Å². The van der Waals surface area contributed by atoms with Crippen LogP contribution >= 0.6 is 11.6 Å². The maximum absolute atomic E-state index is 12.7. The summed E-state index contributed by atoms with van der Waals surface area (Å²) >= 11 is 6.07. The van der Waals surface area contributed by atoms with Crippen molar-refractivity contribution in [2.24, 2.45) is 0 Å². The Kier molecular flexibility index (Phi) is 5.24. The summed E-state index contributed by atoms with van der Waals surface area (Å²) < 4.78 is 38.1. The van der Waals surface area contributed by atoms with Gasteiger partial charge >= 0.3 is 6.18 Å². The molecular weight excluding hydrogens is 369 g/mol. The van der Waals surface area contributed by atoms with Crippen molar-refractivity contribution in [2.75, 3.05) is 6.61 Å². The zero-order valence-electron chi connectivity index (χ0n) is 13.4. The minimum absolute atomic E-state index is 0.116. The topological polar surface area (TPSA) is 63.8 Å². The van der Waals surface area contributed by atoms with Crippen LogP contribution in [0.3, 0.4) is 0 Å². The molecule has 0 bridgehead atoms. The first-order valence-electron chi connectivity index (χ1n) is 7.70. The number of alkyl halides is 3. The molecule has 0 radical (unpaired) electrons. The van der Waals surface area contributed by atoms with Gasteiger partial charge in [-0.1, -0.05) is 23.7 Å². The normalized spacial score (nSPS) is 11.7. The number of aliphatic hydroxyl groups excluding tert-OH is 1. The fourth-order valence-corrected chi connectivity index (χ4v) is 2.69. The Balaban J connectivity index is 1.90. The maximum atomic E-state index is 12.7. The van der Waals surface area contributed by atoms with Crippen LogP contribution in [-0.2, 0) is 19.1 Å². The smallest absolute Gasteiger partial charge is 0.394 e. The summed E-state index contributed by atoms with van der Waals surface area (Å²) in [6.45, 7) is 0.101. The van der Waals surface area contributed by atoms with Crippen molar-refractivity contribution in [3.8, 4) is 11.4 Å². The number of hydrogen-bond acceptors (Lipinski definition) is 4. The third-order valence-corrected chi connectivity index (χ3v) is 3.97. The summed E-state index contributed by atoms with van der Waals surface area (Å²) in [6, 6.07) is 10.1. The molecule has 1 aromatic heterocycles. The maximum Gasteiger partial charge on any atom is 0.416 e. The number of tetrazole rings is 1. The first kappa shape index (κ1) is 18.3. The lowest BCUT2D eigenvalue weighted by Crippen LogP contribution is -2.06. The SMILES string of the molecule is OCCn1nnc(-c2ccc(Cl)cc2Cc2ccc(C(F)(F)F)cc2)n1. The van der Waals surface area contributed by atoms with Gasteiger partial charge in [-0.3, -0.25) is 0 Å². The number of rotatable bonds is 5. The minimum Gasteiger partial charge on any atom is -0.394 e. The summed E-state index contributed by atoms with van der Waals surface area (Å²) in [7, 11) is 0. The Hall–Kier alpha value is -2.45. The average Bonchev–Trinajstić information content (AvgIpc) is 3.03. The zero-order valence-corrected chi connectivity index (χ0v) is 14.2. The van der Waals surface area contributed by atoms with Crippen LogP contribution in [0.2, 0.25) is 5.02 Å². The van der Waals surface area contributed by atoms with Crippen LogP contribution in [0.15, 0.2) is 42.5 Å². The van der Waals surface area contributed by atoms with Crippen LogP contribution in [0.5, 0.6) is 0 Å². The van der Waals surface area contributed by atoms with Gasteiger partial charge in [-0.05, 0) is 53.1 Å². The number of halogens is 4. The molecule has 0 aliphatic heterocycles. The van der Waals surface area contributed by atoms with E-state index in [1.54, 1.807) is 18.2 Å². The summed E-state index contributed by atoms with van der Waals surface area (Å²) in [5.74, 6) is 0.358. The second-order valence-electron chi connectivity index (χ2n) is 5.61. The van der Waals surface area contributed by atoms with Crippen LogP contribution < -0.4 is 0 Å². The lowest BCUT2D eigenvalue weighted by Gasteiger charge is -2.10. The van der Waals surface area contributed by atoms with Crippen molar-refractivity contribution in [1.82, 2.24) is 20.2 Å². The summed E-state index contributed by atoms with van der Waals surface area (Å²) in [6.07, 6.45) is -4.00. The summed E-state index contributed by atoms with van der Waals surface area (Å²) in [4.78, 5) is 1.27. The number of benzene rings is 2. The van der Waals surface area contributed by atoms with Gasteiger partial charge in [0.25, 0.3) is 0 Å². The second-order valence-corrected chi connectivity index (χ2v) is 6.04. The van der Waals surface area contributed by atoms with Gasteiger partial charge in [-0.15, -0.1) is 10.2 Å². The molecular formula is C17H14ClF3N4O. The van der Waals surface area contributed by atoms with Crippen LogP contribution in [-0.4, -0.2) is 31.9 Å². The van der Waals surface area contributed by atoms with Crippen molar-refractivity contribution in [3.63, 3.8) is 0 Å². The largest absolute Gasteiger partial charge is 0.416 e. The fourth-order valence-electron chi connectivity index (χ4n) is 2.49. The van der Waals surface area contributed by atoms with Crippen molar-refractivity contribution in [3.05, 3.63) is 64.2 Å². The summed E-state index contributed by atoms with van der Waals surface area (Å²) in [5.41, 5.74) is 1.45. The van der Waals surface area contributed by atoms with E-state index in [9.17, 15) is 13.2 Å². The van der Waals surface area contributed by atoms with Gasteiger partial charge in [-0.25, -0.2) is 0 Å². The van der Waals surface area contributed by atoms with Gasteiger partial charge in [-0.2, -0.15) is 18.0 Å². The summed E-state index contributed by atoms with van der Waals surface area (Å²) in [5, 5.41) is 21.4. The van der Waals surface area contributed by atoms with Crippen LogP contribution in [0.1, 0.15) is 16.7 Å².